The summed E-state index contributed by atoms with van der Waals surface area (Å²) in [4.78, 5) is 0. The second-order valence-corrected chi connectivity index (χ2v) is 3.08. The zero-order valence-corrected chi connectivity index (χ0v) is 7.84. The summed E-state index contributed by atoms with van der Waals surface area (Å²) in [6.45, 7) is 4.41. The van der Waals surface area contributed by atoms with Gasteiger partial charge in [0.25, 0.3) is 0 Å². The molecular weight excluding hydrogens is 140 g/mol. The van der Waals surface area contributed by atoms with Gasteiger partial charge in [0.05, 0.1) is 6.10 Å². The molecule has 0 aliphatic heterocycles. The second-order valence-electron chi connectivity index (χ2n) is 3.08. The number of hydrogen-bond donors (Lipinski definition) is 1. The molecule has 0 fully saturated rings. The van der Waals surface area contributed by atoms with Crippen molar-refractivity contribution in [3.8, 4) is 0 Å². The number of unbranched alkanes of at least 4 members (excludes halogenated alkanes) is 1. The van der Waals surface area contributed by atoms with Crippen molar-refractivity contribution >= 4 is 0 Å². The van der Waals surface area contributed by atoms with Crippen molar-refractivity contribution in [2.45, 2.75) is 39.2 Å². The van der Waals surface area contributed by atoms with Crippen LogP contribution in [0.25, 0.3) is 0 Å². The van der Waals surface area contributed by atoms with E-state index in [1.807, 2.05) is 6.92 Å². The first-order valence-electron chi connectivity index (χ1n) is 4.39. The highest BCUT2D eigenvalue weighted by Crippen LogP contribution is 2.12. The maximum Gasteiger partial charge on any atom is 0.0618 e. The Bertz CT molecular complexity index is 83.6. The molecular formula is C9H20O2. The summed E-state index contributed by atoms with van der Waals surface area (Å²) in [5.74, 6) is 0.270. The third-order valence-electron chi connectivity index (χ3n) is 2.07. The Morgan fingerprint density at radius 1 is 1.45 bits per heavy atom. The van der Waals surface area contributed by atoms with Gasteiger partial charge in [-0.25, -0.2) is 0 Å². The molecule has 0 spiro atoms. The average Bonchev–Trinajstić information content (AvgIpc) is 2.05. The van der Waals surface area contributed by atoms with E-state index < -0.39 is 0 Å². The Morgan fingerprint density at radius 2 is 2.09 bits per heavy atom. The fourth-order valence-electron chi connectivity index (χ4n) is 1.16. The lowest BCUT2D eigenvalue weighted by Gasteiger charge is -2.20. The molecule has 2 unspecified atom stereocenters. The topological polar surface area (TPSA) is 29.5 Å². The Labute approximate surface area is 69.6 Å². The molecule has 0 aromatic carbocycles. The van der Waals surface area contributed by atoms with Crippen LogP contribution < -0.4 is 0 Å². The molecule has 0 amide bonds. The predicted octanol–water partition coefficient (Wildman–Crippen LogP) is 1.82. The van der Waals surface area contributed by atoms with Crippen LogP contribution in [-0.2, 0) is 4.74 Å². The van der Waals surface area contributed by atoms with E-state index in [2.05, 4.69) is 6.92 Å². The zero-order valence-electron chi connectivity index (χ0n) is 7.84. The van der Waals surface area contributed by atoms with Crippen LogP contribution in [0.1, 0.15) is 33.1 Å². The maximum atomic E-state index is 8.86. The molecule has 0 radical (unpaired) electrons. The van der Waals surface area contributed by atoms with Gasteiger partial charge in [0.2, 0.25) is 0 Å². The first-order valence-corrected chi connectivity index (χ1v) is 4.39. The zero-order chi connectivity index (χ0) is 8.69. The Morgan fingerprint density at radius 3 is 2.45 bits per heavy atom. The summed E-state index contributed by atoms with van der Waals surface area (Å²) in [5, 5.41) is 8.86. The van der Waals surface area contributed by atoms with E-state index in [0.717, 1.165) is 6.42 Å². The van der Waals surface area contributed by atoms with Crippen molar-refractivity contribution in [3.05, 3.63) is 0 Å². The van der Waals surface area contributed by atoms with Gasteiger partial charge >= 0.3 is 0 Å². The van der Waals surface area contributed by atoms with Gasteiger partial charge < -0.3 is 9.84 Å². The lowest BCUT2D eigenvalue weighted by atomic mass is 10.0. The minimum atomic E-state index is 0.224. The van der Waals surface area contributed by atoms with Crippen molar-refractivity contribution in [1.82, 2.24) is 0 Å². The summed E-state index contributed by atoms with van der Waals surface area (Å²) in [6, 6.07) is 0. The Hall–Kier alpha value is -0.0800. The number of ether oxygens (including phenoxy) is 1. The largest absolute Gasteiger partial charge is 0.396 e. The summed E-state index contributed by atoms with van der Waals surface area (Å²) in [5.41, 5.74) is 0. The van der Waals surface area contributed by atoms with Crippen LogP contribution in [0.5, 0.6) is 0 Å². The quantitative estimate of drug-likeness (QED) is 0.642. The molecule has 0 aliphatic carbocycles. The summed E-state index contributed by atoms with van der Waals surface area (Å²) in [7, 11) is 1.71. The molecule has 68 valence electrons. The van der Waals surface area contributed by atoms with Gasteiger partial charge in [-0.3, -0.25) is 0 Å². The van der Waals surface area contributed by atoms with E-state index in [1.54, 1.807) is 7.11 Å². The number of methoxy groups -OCH3 is 1. The fraction of sp³-hybridized carbons (Fsp3) is 1.00. The molecule has 0 saturated heterocycles. The standard InChI is InChI=1S/C9H20O2/c1-4-5-6-9(11-3)8(2)7-10/h8-10H,4-7H2,1-3H3. The third kappa shape index (κ3) is 4.38. The lowest BCUT2D eigenvalue weighted by Crippen LogP contribution is -2.23. The van der Waals surface area contributed by atoms with Crippen molar-refractivity contribution in [2.24, 2.45) is 5.92 Å². The molecule has 0 aromatic rings. The number of hydrogen-bond acceptors (Lipinski definition) is 2. The van der Waals surface area contributed by atoms with Gasteiger partial charge in [0, 0.05) is 19.6 Å². The molecule has 0 aromatic heterocycles. The van der Waals surface area contributed by atoms with Crippen molar-refractivity contribution in [3.63, 3.8) is 0 Å². The summed E-state index contributed by atoms with van der Waals surface area (Å²) >= 11 is 0. The van der Waals surface area contributed by atoms with Gasteiger partial charge in [-0.2, -0.15) is 0 Å². The smallest absolute Gasteiger partial charge is 0.0618 e. The minimum absolute atomic E-state index is 0.224. The molecule has 0 heterocycles. The van der Waals surface area contributed by atoms with Gasteiger partial charge in [0.15, 0.2) is 0 Å². The average molecular weight is 160 g/mol. The van der Waals surface area contributed by atoms with E-state index in [4.69, 9.17) is 9.84 Å². The third-order valence-corrected chi connectivity index (χ3v) is 2.07. The van der Waals surface area contributed by atoms with Crippen LogP contribution >= 0.6 is 0 Å². The van der Waals surface area contributed by atoms with E-state index in [9.17, 15) is 0 Å². The van der Waals surface area contributed by atoms with Crippen LogP contribution in [0.2, 0.25) is 0 Å². The molecule has 2 heteroatoms. The van der Waals surface area contributed by atoms with Crippen LogP contribution in [0, 0.1) is 5.92 Å². The Kier molecular flexibility index (Phi) is 6.57. The predicted molar refractivity (Wildman–Crippen MR) is 46.6 cm³/mol. The first-order chi connectivity index (χ1) is 5.26. The maximum absolute atomic E-state index is 8.86. The fourth-order valence-corrected chi connectivity index (χ4v) is 1.16. The van der Waals surface area contributed by atoms with Gasteiger partial charge in [0.1, 0.15) is 0 Å². The molecule has 1 N–H and O–H groups in total. The van der Waals surface area contributed by atoms with Crippen LogP contribution in [-0.4, -0.2) is 24.9 Å². The van der Waals surface area contributed by atoms with Crippen LogP contribution in [0.15, 0.2) is 0 Å². The molecule has 0 saturated carbocycles. The second kappa shape index (κ2) is 6.62. The van der Waals surface area contributed by atoms with Gasteiger partial charge in [-0.1, -0.05) is 26.7 Å². The highest BCUT2D eigenvalue weighted by molar-refractivity contribution is 4.64. The number of rotatable bonds is 6. The summed E-state index contributed by atoms with van der Waals surface area (Å²) in [6.07, 6.45) is 3.68. The molecule has 0 aliphatic rings. The Balaban J connectivity index is 3.56. The highest BCUT2D eigenvalue weighted by atomic mass is 16.5. The monoisotopic (exact) mass is 160 g/mol. The van der Waals surface area contributed by atoms with Crippen molar-refractivity contribution < 1.29 is 9.84 Å². The van der Waals surface area contributed by atoms with Crippen LogP contribution in [0.3, 0.4) is 0 Å². The number of aliphatic hydroxyl groups excluding tert-OH is 1. The van der Waals surface area contributed by atoms with Crippen LogP contribution in [0.4, 0.5) is 0 Å². The molecule has 2 atom stereocenters. The molecule has 2 nitrogen and oxygen atoms in total. The van der Waals surface area contributed by atoms with E-state index >= 15 is 0 Å². The molecule has 0 bridgehead atoms. The van der Waals surface area contributed by atoms with E-state index in [1.165, 1.54) is 12.8 Å². The number of aliphatic hydroxyl groups is 1. The van der Waals surface area contributed by atoms with Gasteiger partial charge in [-0.15, -0.1) is 0 Å². The minimum Gasteiger partial charge on any atom is -0.396 e. The lowest BCUT2D eigenvalue weighted by molar-refractivity contribution is 0.0268. The van der Waals surface area contributed by atoms with Crippen molar-refractivity contribution in [1.29, 1.82) is 0 Å². The van der Waals surface area contributed by atoms with E-state index in [-0.39, 0.29) is 18.6 Å². The first kappa shape index (κ1) is 10.9. The van der Waals surface area contributed by atoms with Crippen molar-refractivity contribution in [2.75, 3.05) is 13.7 Å². The summed E-state index contributed by atoms with van der Waals surface area (Å²) < 4.78 is 5.25. The molecule has 11 heavy (non-hydrogen) atoms. The van der Waals surface area contributed by atoms with Gasteiger partial charge in [-0.05, 0) is 6.42 Å². The molecule has 0 rings (SSSR count). The normalized spacial score (nSPS) is 16.4. The SMILES string of the molecule is CCCCC(OC)C(C)CO. The van der Waals surface area contributed by atoms with E-state index in [0.29, 0.717) is 0 Å². The highest BCUT2D eigenvalue weighted by Gasteiger charge is 2.14.